The topological polar surface area (TPSA) is 87.0 Å². The maximum atomic E-state index is 14.7. The second-order valence-corrected chi connectivity index (χ2v) is 6.53. The van der Waals surface area contributed by atoms with Crippen LogP contribution in [-0.2, 0) is 9.63 Å². The van der Waals surface area contributed by atoms with Crippen molar-refractivity contribution in [3.05, 3.63) is 48.0 Å². The number of pyridine rings is 1. The summed E-state index contributed by atoms with van der Waals surface area (Å²) in [5, 5.41) is 9.23. The molecule has 1 fully saturated rings. The molecule has 1 aromatic carbocycles. The number of amides is 1. The maximum absolute atomic E-state index is 14.7. The Balaban J connectivity index is 1.56. The van der Waals surface area contributed by atoms with Gasteiger partial charge in [-0.25, -0.2) is 9.87 Å². The van der Waals surface area contributed by atoms with Crippen LogP contribution in [0.5, 0.6) is 0 Å². The van der Waals surface area contributed by atoms with Crippen molar-refractivity contribution in [2.24, 2.45) is 10.9 Å². The molecule has 1 atom stereocenters. The molecular formula is C19H19FN4O3. The second-order valence-electron chi connectivity index (χ2n) is 6.53. The predicted molar refractivity (Wildman–Crippen MR) is 97.7 cm³/mol. The Labute approximate surface area is 155 Å². The van der Waals surface area contributed by atoms with Gasteiger partial charge in [0, 0.05) is 48.5 Å². The van der Waals surface area contributed by atoms with E-state index in [-0.39, 0.29) is 24.9 Å². The van der Waals surface area contributed by atoms with Crippen molar-refractivity contribution in [3.8, 4) is 11.1 Å². The van der Waals surface area contributed by atoms with Crippen molar-refractivity contribution in [1.82, 2.24) is 10.5 Å². The fraction of sp³-hybridized carbons (Fsp3) is 0.316. The molecule has 0 radical (unpaired) electrons. The zero-order valence-corrected chi connectivity index (χ0v) is 14.6. The normalized spacial score (nSPS) is 19.8. The lowest BCUT2D eigenvalue weighted by molar-refractivity contribution is -0.117. The summed E-state index contributed by atoms with van der Waals surface area (Å²) in [6.07, 6.45) is 1.86. The summed E-state index contributed by atoms with van der Waals surface area (Å²) in [4.78, 5) is 27.3. The van der Waals surface area contributed by atoms with Gasteiger partial charge in [-0.05, 0) is 24.3 Å². The highest BCUT2D eigenvalue weighted by Crippen LogP contribution is 2.30. The van der Waals surface area contributed by atoms with Crippen molar-refractivity contribution < 1.29 is 19.1 Å². The molecular weight excluding hydrogens is 351 g/mol. The third-order valence-corrected chi connectivity index (χ3v) is 4.68. The van der Waals surface area contributed by atoms with Gasteiger partial charge in [0.2, 0.25) is 5.91 Å². The number of halogens is 1. The molecule has 1 saturated heterocycles. The number of benzene rings is 1. The smallest absolute Gasteiger partial charge is 0.227 e. The van der Waals surface area contributed by atoms with Crippen molar-refractivity contribution in [1.29, 1.82) is 0 Å². The first-order chi connectivity index (χ1) is 13.2. The molecule has 2 aromatic rings. The highest BCUT2D eigenvalue weighted by molar-refractivity contribution is 5.97. The number of aliphatic hydroxyl groups is 1. The van der Waals surface area contributed by atoms with E-state index in [2.05, 4.69) is 15.5 Å². The first-order valence-electron chi connectivity index (χ1n) is 8.75. The number of hydrogen-bond donors (Lipinski definition) is 2. The lowest BCUT2D eigenvalue weighted by Gasteiger charge is -2.17. The van der Waals surface area contributed by atoms with Crippen molar-refractivity contribution >= 4 is 17.4 Å². The molecule has 7 nitrogen and oxygen atoms in total. The molecule has 8 heteroatoms. The number of nitrogens with zero attached hydrogens (tertiary/aromatic N) is 3. The van der Waals surface area contributed by atoms with Crippen molar-refractivity contribution in [2.45, 2.75) is 6.42 Å². The zero-order valence-electron chi connectivity index (χ0n) is 14.6. The molecule has 3 heterocycles. The molecule has 0 spiro atoms. The van der Waals surface area contributed by atoms with Gasteiger partial charge in [0.1, 0.15) is 11.5 Å². The quantitative estimate of drug-likeness (QED) is 0.852. The number of aromatic nitrogens is 1. The number of carbonyl (C=O) groups excluding carboxylic acids is 1. The molecule has 0 bridgehead atoms. The van der Waals surface area contributed by atoms with E-state index in [1.54, 1.807) is 30.5 Å². The summed E-state index contributed by atoms with van der Waals surface area (Å²) in [5.41, 5.74) is 4.86. The van der Waals surface area contributed by atoms with E-state index in [0.717, 1.165) is 0 Å². The highest BCUT2D eigenvalue weighted by atomic mass is 19.1. The molecule has 2 aliphatic heterocycles. The van der Waals surface area contributed by atoms with Gasteiger partial charge in [-0.15, -0.1) is 0 Å². The number of hydroxylamine groups is 1. The highest BCUT2D eigenvalue weighted by Gasteiger charge is 2.30. The minimum absolute atomic E-state index is 0.0496. The van der Waals surface area contributed by atoms with Gasteiger partial charge in [-0.2, -0.15) is 0 Å². The van der Waals surface area contributed by atoms with Crippen LogP contribution in [0, 0.1) is 11.7 Å². The Morgan fingerprint density at radius 1 is 1.33 bits per heavy atom. The summed E-state index contributed by atoms with van der Waals surface area (Å²) >= 11 is 0. The van der Waals surface area contributed by atoms with Crippen LogP contribution >= 0.6 is 0 Å². The number of anilines is 1. The molecule has 27 heavy (non-hydrogen) atoms. The average molecular weight is 370 g/mol. The Hall–Kier alpha value is -2.84. The van der Waals surface area contributed by atoms with E-state index in [9.17, 15) is 14.3 Å². The fourth-order valence-electron chi connectivity index (χ4n) is 3.24. The van der Waals surface area contributed by atoms with Gasteiger partial charge in [-0.1, -0.05) is 6.07 Å². The van der Waals surface area contributed by atoms with Crippen LogP contribution in [0.3, 0.4) is 0 Å². The Bertz CT molecular complexity index is 885. The van der Waals surface area contributed by atoms with Crippen LogP contribution in [0.25, 0.3) is 11.1 Å². The number of amidine groups is 1. The molecule has 2 N–H and O–H groups in total. The van der Waals surface area contributed by atoms with E-state index in [0.29, 0.717) is 48.0 Å². The van der Waals surface area contributed by atoms with Gasteiger partial charge < -0.3 is 10.0 Å². The Morgan fingerprint density at radius 2 is 2.22 bits per heavy atom. The molecule has 0 unspecified atom stereocenters. The monoisotopic (exact) mass is 370 g/mol. The molecule has 0 aliphatic carbocycles. The lowest BCUT2D eigenvalue weighted by atomic mass is 10.1. The first-order valence-corrected chi connectivity index (χ1v) is 8.75. The van der Waals surface area contributed by atoms with Gasteiger partial charge in [0.05, 0.1) is 13.2 Å². The summed E-state index contributed by atoms with van der Waals surface area (Å²) in [7, 11) is 0. The van der Waals surface area contributed by atoms with Gasteiger partial charge >= 0.3 is 0 Å². The van der Waals surface area contributed by atoms with Crippen LogP contribution in [0.4, 0.5) is 10.1 Å². The first kappa shape index (κ1) is 17.6. The standard InChI is InChI=1S/C19H19FN4O3/c20-16-8-14(24-10-12(11-25)7-18(24)26)2-3-15(16)13-1-4-17(22-9-13)19-21-5-6-27-23-19/h1-4,8-9,12,25H,5-7,10-11H2,(H,21,23)/t12-/m1/s1. The second kappa shape index (κ2) is 7.42. The van der Waals surface area contributed by atoms with Gasteiger partial charge in [-0.3, -0.25) is 19.6 Å². The largest absolute Gasteiger partial charge is 0.396 e. The van der Waals surface area contributed by atoms with E-state index in [1.165, 1.54) is 11.0 Å². The fourth-order valence-corrected chi connectivity index (χ4v) is 3.24. The molecule has 4 rings (SSSR count). The molecule has 1 amide bonds. The summed E-state index contributed by atoms with van der Waals surface area (Å²) in [6, 6.07) is 8.22. The summed E-state index contributed by atoms with van der Waals surface area (Å²) < 4.78 is 14.7. The number of rotatable bonds is 4. The van der Waals surface area contributed by atoms with Gasteiger partial charge in [0.15, 0.2) is 5.84 Å². The molecule has 140 valence electrons. The summed E-state index contributed by atoms with van der Waals surface area (Å²) in [6.45, 7) is 1.43. The minimum Gasteiger partial charge on any atom is -0.396 e. The van der Waals surface area contributed by atoms with E-state index in [1.807, 2.05) is 0 Å². The third kappa shape index (κ3) is 3.54. The minimum atomic E-state index is -0.432. The maximum Gasteiger partial charge on any atom is 0.227 e. The number of hydrogen-bond acceptors (Lipinski definition) is 6. The van der Waals surface area contributed by atoms with Crippen LogP contribution < -0.4 is 10.4 Å². The van der Waals surface area contributed by atoms with E-state index < -0.39 is 5.82 Å². The van der Waals surface area contributed by atoms with Crippen LogP contribution in [-0.4, -0.2) is 48.1 Å². The van der Waals surface area contributed by atoms with Crippen LogP contribution in [0.15, 0.2) is 41.5 Å². The van der Waals surface area contributed by atoms with E-state index >= 15 is 0 Å². The zero-order chi connectivity index (χ0) is 18.8. The average Bonchev–Trinajstić information content (AvgIpc) is 3.10. The van der Waals surface area contributed by atoms with Crippen LogP contribution in [0.2, 0.25) is 0 Å². The Morgan fingerprint density at radius 3 is 2.85 bits per heavy atom. The summed E-state index contributed by atoms with van der Waals surface area (Å²) in [5.74, 6) is -0.0826. The number of carbonyl (C=O) groups is 1. The van der Waals surface area contributed by atoms with Crippen molar-refractivity contribution in [2.75, 3.05) is 31.2 Å². The third-order valence-electron chi connectivity index (χ3n) is 4.68. The predicted octanol–water partition coefficient (Wildman–Crippen LogP) is 1.51. The molecule has 2 aliphatic rings. The van der Waals surface area contributed by atoms with E-state index in [4.69, 9.17) is 4.84 Å². The SMILES string of the molecule is O=C1C[C@@H](CO)CN1c1ccc(-c2ccc(C3=NCCON3)nc2)c(F)c1. The molecule has 1 aromatic heterocycles. The number of aliphatic imine (C=N–C) groups is 1. The van der Waals surface area contributed by atoms with Crippen molar-refractivity contribution in [3.63, 3.8) is 0 Å². The number of aliphatic hydroxyl groups excluding tert-OH is 1. The number of nitrogens with one attached hydrogen (secondary N) is 1. The lowest BCUT2D eigenvalue weighted by Crippen LogP contribution is -2.31. The Kier molecular flexibility index (Phi) is 4.83. The molecule has 0 saturated carbocycles. The van der Waals surface area contributed by atoms with Gasteiger partial charge in [0.25, 0.3) is 0 Å². The van der Waals surface area contributed by atoms with Crippen LogP contribution in [0.1, 0.15) is 12.1 Å².